The Hall–Kier alpha value is -1.65. The van der Waals surface area contributed by atoms with Crippen molar-refractivity contribution in [2.45, 2.75) is 52.9 Å². The SMILES string of the molecule is CCc1c(CCC(C)C)sc(-c2ccccc2CCCN)c1C(=O)O. The van der Waals surface area contributed by atoms with Crippen LogP contribution in [0.5, 0.6) is 0 Å². The van der Waals surface area contributed by atoms with Gasteiger partial charge >= 0.3 is 5.97 Å². The Balaban J connectivity index is 2.55. The first-order valence-corrected chi connectivity index (χ1v) is 9.97. The van der Waals surface area contributed by atoms with Crippen LogP contribution in [0.4, 0.5) is 0 Å². The number of hydrogen-bond donors (Lipinski definition) is 2. The molecule has 3 nitrogen and oxygen atoms in total. The molecule has 2 aromatic rings. The average molecular weight is 360 g/mol. The third-order valence-corrected chi connectivity index (χ3v) is 5.84. The summed E-state index contributed by atoms with van der Waals surface area (Å²) in [5.74, 6) is -0.201. The maximum Gasteiger partial charge on any atom is 0.337 e. The Morgan fingerprint density at radius 2 is 1.96 bits per heavy atom. The number of aryl methyl sites for hydroxylation is 2. The minimum Gasteiger partial charge on any atom is -0.478 e. The van der Waals surface area contributed by atoms with Gasteiger partial charge in [-0.2, -0.15) is 0 Å². The fraction of sp³-hybridized carbons (Fsp3) is 0.476. The lowest BCUT2D eigenvalue weighted by Crippen LogP contribution is -2.04. The molecule has 3 N–H and O–H groups in total. The van der Waals surface area contributed by atoms with Gasteiger partial charge in [0.2, 0.25) is 0 Å². The second-order valence-corrected chi connectivity index (χ2v) is 7.95. The van der Waals surface area contributed by atoms with Crippen molar-refractivity contribution in [3.8, 4) is 10.4 Å². The molecule has 0 aliphatic rings. The Labute approximate surface area is 154 Å². The molecule has 0 amide bonds. The highest BCUT2D eigenvalue weighted by Crippen LogP contribution is 2.40. The van der Waals surface area contributed by atoms with Gasteiger partial charge in [0.25, 0.3) is 0 Å². The van der Waals surface area contributed by atoms with Gasteiger partial charge in [-0.3, -0.25) is 0 Å². The van der Waals surface area contributed by atoms with E-state index in [1.807, 2.05) is 12.1 Å². The van der Waals surface area contributed by atoms with Crippen molar-refractivity contribution in [1.29, 1.82) is 0 Å². The molecular weight excluding hydrogens is 330 g/mol. The molecule has 2 rings (SSSR count). The summed E-state index contributed by atoms with van der Waals surface area (Å²) in [6.07, 6.45) is 4.59. The van der Waals surface area contributed by atoms with Crippen molar-refractivity contribution >= 4 is 17.3 Å². The number of nitrogens with two attached hydrogens (primary N) is 1. The highest BCUT2D eigenvalue weighted by Gasteiger charge is 2.24. The number of benzene rings is 1. The van der Waals surface area contributed by atoms with Crippen LogP contribution in [0.2, 0.25) is 0 Å². The topological polar surface area (TPSA) is 63.3 Å². The van der Waals surface area contributed by atoms with E-state index in [-0.39, 0.29) is 0 Å². The maximum atomic E-state index is 12.0. The third kappa shape index (κ3) is 4.71. The van der Waals surface area contributed by atoms with Gasteiger partial charge in [0.1, 0.15) is 0 Å². The summed E-state index contributed by atoms with van der Waals surface area (Å²) in [5.41, 5.74) is 9.44. The summed E-state index contributed by atoms with van der Waals surface area (Å²) < 4.78 is 0. The van der Waals surface area contributed by atoms with E-state index < -0.39 is 5.97 Å². The third-order valence-electron chi connectivity index (χ3n) is 4.52. The molecule has 0 saturated carbocycles. The first kappa shape index (κ1) is 19.7. The minimum atomic E-state index is -0.812. The predicted molar refractivity (Wildman–Crippen MR) is 107 cm³/mol. The van der Waals surface area contributed by atoms with Crippen LogP contribution in [0.1, 0.15) is 60.0 Å². The van der Waals surface area contributed by atoms with Crippen molar-refractivity contribution in [2.75, 3.05) is 6.54 Å². The van der Waals surface area contributed by atoms with Crippen LogP contribution in [0.25, 0.3) is 10.4 Å². The summed E-state index contributed by atoms with van der Waals surface area (Å²) in [5, 5.41) is 9.88. The number of hydrogen-bond acceptors (Lipinski definition) is 3. The largest absolute Gasteiger partial charge is 0.478 e. The Kier molecular flexibility index (Phi) is 7.21. The zero-order valence-corrected chi connectivity index (χ0v) is 16.3. The molecule has 0 aliphatic heterocycles. The molecular formula is C21H29NO2S. The minimum absolute atomic E-state index is 0.506. The summed E-state index contributed by atoms with van der Waals surface area (Å²) >= 11 is 1.67. The predicted octanol–water partition coefficient (Wildman–Crippen LogP) is 5.16. The number of aromatic carboxylic acids is 1. The summed E-state index contributed by atoms with van der Waals surface area (Å²) in [7, 11) is 0. The average Bonchev–Trinajstić information content (AvgIpc) is 2.97. The second-order valence-electron chi connectivity index (χ2n) is 6.85. The molecule has 1 heterocycles. The van der Waals surface area contributed by atoms with E-state index in [0.29, 0.717) is 18.0 Å². The number of carboxylic acids is 1. The van der Waals surface area contributed by atoms with Gasteiger partial charge in [-0.15, -0.1) is 11.3 Å². The standard InChI is InChI=1S/C21H29NO2S/c1-4-16-18(12-11-14(2)3)25-20(19(16)21(23)24)17-10-6-5-8-15(17)9-7-13-22/h5-6,8,10,14H,4,7,9,11-13,22H2,1-3H3,(H,23,24). The monoisotopic (exact) mass is 359 g/mol. The fourth-order valence-corrected chi connectivity index (χ4v) is 4.63. The highest BCUT2D eigenvalue weighted by molar-refractivity contribution is 7.16. The molecule has 4 heteroatoms. The quantitative estimate of drug-likeness (QED) is 0.650. The highest BCUT2D eigenvalue weighted by atomic mass is 32.1. The van der Waals surface area contributed by atoms with E-state index in [2.05, 4.69) is 32.9 Å². The lowest BCUT2D eigenvalue weighted by atomic mass is 9.96. The van der Waals surface area contributed by atoms with Crippen molar-refractivity contribution < 1.29 is 9.90 Å². The van der Waals surface area contributed by atoms with E-state index in [1.165, 1.54) is 10.4 Å². The van der Waals surface area contributed by atoms with Crippen LogP contribution in [0.3, 0.4) is 0 Å². The lowest BCUT2D eigenvalue weighted by Gasteiger charge is -2.09. The van der Waals surface area contributed by atoms with Crippen LogP contribution in [0, 0.1) is 5.92 Å². The van der Waals surface area contributed by atoms with E-state index in [9.17, 15) is 9.90 Å². The van der Waals surface area contributed by atoms with Gasteiger partial charge in [-0.1, -0.05) is 45.0 Å². The smallest absolute Gasteiger partial charge is 0.337 e. The first-order chi connectivity index (χ1) is 12.0. The molecule has 0 spiro atoms. The molecule has 1 aromatic carbocycles. The molecule has 0 saturated heterocycles. The maximum absolute atomic E-state index is 12.0. The van der Waals surface area contributed by atoms with Crippen LogP contribution >= 0.6 is 11.3 Å². The normalized spacial score (nSPS) is 11.2. The summed E-state index contributed by atoms with van der Waals surface area (Å²) in [4.78, 5) is 14.2. The van der Waals surface area contributed by atoms with Crippen molar-refractivity contribution in [2.24, 2.45) is 11.7 Å². The van der Waals surface area contributed by atoms with Crippen LogP contribution in [-0.4, -0.2) is 17.6 Å². The molecule has 0 aliphatic carbocycles. The van der Waals surface area contributed by atoms with Gasteiger partial charge in [-0.05, 0) is 61.3 Å². The molecule has 25 heavy (non-hydrogen) atoms. The number of carbonyl (C=O) groups is 1. The zero-order valence-electron chi connectivity index (χ0n) is 15.5. The van der Waals surface area contributed by atoms with Crippen LogP contribution in [0.15, 0.2) is 24.3 Å². The number of thiophene rings is 1. The number of carboxylic acid groups (broad SMARTS) is 1. The van der Waals surface area contributed by atoms with Crippen LogP contribution < -0.4 is 5.73 Å². The van der Waals surface area contributed by atoms with Gasteiger partial charge in [0.05, 0.1) is 5.56 Å². The molecule has 0 atom stereocenters. The Morgan fingerprint density at radius 1 is 1.24 bits per heavy atom. The summed E-state index contributed by atoms with van der Waals surface area (Å²) in [6.45, 7) is 7.11. The van der Waals surface area contributed by atoms with E-state index in [0.717, 1.165) is 48.1 Å². The lowest BCUT2D eigenvalue weighted by molar-refractivity contribution is 0.0697. The molecule has 0 unspecified atom stereocenters. The molecule has 0 radical (unpaired) electrons. The van der Waals surface area contributed by atoms with Gasteiger partial charge in [0.15, 0.2) is 0 Å². The molecule has 1 aromatic heterocycles. The van der Waals surface area contributed by atoms with E-state index in [1.54, 1.807) is 11.3 Å². The Morgan fingerprint density at radius 3 is 2.56 bits per heavy atom. The van der Waals surface area contributed by atoms with Crippen molar-refractivity contribution in [1.82, 2.24) is 0 Å². The first-order valence-electron chi connectivity index (χ1n) is 9.15. The van der Waals surface area contributed by atoms with Gasteiger partial charge < -0.3 is 10.8 Å². The van der Waals surface area contributed by atoms with E-state index in [4.69, 9.17) is 5.73 Å². The number of rotatable bonds is 9. The van der Waals surface area contributed by atoms with Crippen molar-refractivity contribution in [3.63, 3.8) is 0 Å². The van der Waals surface area contributed by atoms with Crippen molar-refractivity contribution in [3.05, 3.63) is 45.8 Å². The molecule has 0 bridgehead atoms. The summed E-state index contributed by atoms with van der Waals surface area (Å²) in [6, 6.07) is 8.15. The Bertz CT molecular complexity index is 719. The molecule has 136 valence electrons. The zero-order chi connectivity index (χ0) is 18.4. The van der Waals surface area contributed by atoms with Gasteiger partial charge in [-0.25, -0.2) is 4.79 Å². The second kappa shape index (κ2) is 9.16. The van der Waals surface area contributed by atoms with Crippen LogP contribution in [-0.2, 0) is 19.3 Å². The fourth-order valence-electron chi connectivity index (χ4n) is 3.18. The molecule has 0 fully saturated rings. The van der Waals surface area contributed by atoms with Gasteiger partial charge in [0, 0.05) is 9.75 Å². The van der Waals surface area contributed by atoms with E-state index >= 15 is 0 Å².